The largest absolute Gasteiger partial charge is 0.296 e. The van der Waals surface area contributed by atoms with E-state index in [1.165, 1.54) is 11.1 Å². The minimum Gasteiger partial charge on any atom is -0.296 e. The number of hydrogen-bond acceptors (Lipinski definition) is 2. The van der Waals surface area contributed by atoms with Gasteiger partial charge >= 0.3 is 0 Å². The smallest absolute Gasteiger partial charge is 0.233 e. The fraction of sp³-hybridized carbons (Fsp3) is 0.412. The highest BCUT2D eigenvalue weighted by Crippen LogP contribution is 2.32. The van der Waals surface area contributed by atoms with Crippen LogP contribution in [0.3, 0.4) is 0 Å². The number of aryl methyl sites for hydroxylation is 1. The second-order valence-corrected chi connectivity index (χ2v) is 6.62. The minimum absolute atomic E-state index is 0.149. The van der Waals surface area contributed by atoms with Crippen LogP contribution >= 0.6 is 0 Å². The Bertz CT molecular complexity index is 698. The molecule has 3 nitrogen and oxygen atoms in total. The van der Waals surface area contributed by atoms with Crippen molar-refractivity contribution in [1.82, 2.24) is 4.98 Å². The molecule has 20 heavy (non-hydrogen) atoms. The summed E-state index contributed by atoms with van der Waals surface area (Å²) in [5, 5.41) is 1.15. The molecule has 1 amide bonds. The third kappa shape index (κ3) is 2.07. The molecule has 0 fully saturated rings. The summed E-state index contributed by atoms with van der Waals surface area (Å²) in [6.07, 6.45) is 0.897. The number of pyridine rings is 1. The fourth-order valence-electron chi connectivity index (χ4n) is 2.67. The maximum atomic E-state index is 12.5. The molecule has 2 aromatic rings. The van der Waals surface area contributed by atoms with Crippen LogP contribution in [-0.2, 0) is 11.2 Å². The summed E-state index contributed by atoms with van der Waals surface area (Å²) in [5.74, 6) is 0.999. The van der Waals surface area contributed by atoms with Crippen LogP contribution in [0.1, 0.15) is 31.9 Å². The Balaban J connectivity index is 2.11. The van der Waals surface area contributed by atoms with Gasteiger partial charge in [-0.2, -0.15) is 0 Å². The molecule has 1 aromatic carbocycles. The number of carbonyl (C=O) groups excluding carboxylic acids is 1. The standard InChI is InChI=1S/C17H20N2O/c1-11-5-6-12-10-13-7-8-19(16(20)17(2,3)4)15(13)18-14(12)9-11/h5-6,9-10H,7-8H2,1-4H3. The number of aromatic nitrogens is 1. The fourth-order valence-corrected chi connectivity index (χ4v) is 2.67. The second kappa shape index (κ2) is 4.30. The van der Waals surface area contributed by atoms with Gasteiger partial charge in [0.2, 0.25) is 5.91 Å². The molecule has 0 saturated heterocycles. The quantitative estimate of drug-likeness (QED) is 0.733. The Labute approximate surface area is 119 Å². The van der Waals surface area contributed by atoms with Gasteiger partial charge in [0.25, 0.3) is 0 Å². The van der Waals surface area contributed by atoms with Crippen LogP contribution in [0.15, 0.2) is 24.3 Å². The molecule has 0 unspecified atom stereocenters. The maximum absolute atomic E-state index is 12.5. The van der Waals surface area contributed by atoms with Crippen LogP contribution in [0, 0.1) is 12.3 Å². The highest BCUT2D eigenvalue weighted by molar-refractivity contribution is 5.99. The number of rotatable bonds is 0. The second-order valence-electron chi connectivity index (χ2n) is 6.62. The van der Waals surface area contributed by atoms with Gasteiger partial charge in [0.05, 0.1) is 5.52 Å². The van der Waals surface area contributed by atoms with Gasteiger partial charge in [0.15, 0.2) is 0 Å². The zero-order valence-electron chi connectivity index (χ0n) is 12.5. The number of fused-ring (bicyclic) bond motifs is 2. The lowest BCUT2D eigenvalue weighted by Crippen LogP contribution is -2.38. The van der Waals surface area contributed by atoms with Gasteiger partial charge in [0, 0.05) is 17.3 Å². The Morgan fingerprint density at radius 3 is 2.70 bits per heavy atom. The number of carbonyl (C=O) groups is 1. The SMILES string of the molecule is Cc1ccc2cc3c(nc2c1)N(C(=O)C(C)(C)C)CC3. The van der Waals surface area contributed by atoms with Crippen molar-refractivity contribution in [2.24, 2.45) is 5.41 Å². The van der Waals surface area contributed by atoms with E-state index in [1.54, 1.807) is 0 Å². The molecule has 3 rings (SSSR count). The molecule has 0 atom stereocenters. The average Bonchev–Trinajstić information content (AvgIpc) is 2.76. The normalized spacial score (nSPS) is 14.7. The molecular formula is C17H20N2O. The predicted octanol–water partition coefficient (Wildman–Crippen LogP) is 3.48. The van der Waals surface area contributed by atoms with Crippen LogP contribution in [0.5, 0.6) is 0 Å². The highest BCUT2D eigenvalue weighted by atomic mass is 16.2. The van der Waals surface area contributed by atoms with E-state index in [-0.39, 0.29) is 11.3 Å². The lowest BCUT2D eigenvalue weighted by molar-refractivity contribution is -0.125. The topological polar surface area (TPSA) is 33.2 Å². The summed E-state index contributed by atoms with van der Waals surface area (Å²) in [5.41, 5.74) is 2.97. The van der Waals surface area contributed by atoms with E-state index in [4.69, 9.17) is 4.98 Å². The van der Waals surface area contributed by atoms with Crippen LogP contribution in [0.2, 0.25) is 0 Å². The van der Waals surface area contributed by atoms with Gasteiger partial charge in [-0.05, 0) is 36.6 Å². The average molecular weight is 268 g/mol. The Kier molecular flexibility index (Phi) is 2.82. The Morgan fingerprint density at radius 2 is 2.00 bits per heavy atom. The lowest BCUT2D eigenvalue weighted by Gasteiger charge is -2.25. The zero-order chi connectivity index (χ0) is 14.5. The molecule has 2 heterocycles. The third-order valence-electron chi connectivity index (χ3n) is 3.78. The molecule has 3 heteroatoms. The molecule has 0 aliphatic carbocycles. The predicted molar refractivity (Wildman–Crippen MR) is 82.0 cm³/mol. The molecular weight excluding hydrogens is 248 g/mol. The van der Waals surface area contributed by atoms with E-state index in [9.17, 15) is 4.79 Å². The Morgan fingerprint density at radius 1 is 1.25 bits per heavy atom. The first-order valence-corrected chi connectivity index (χ1v) is 7.08. The number of nitrogens with zero attached hydrogens (tertiary/aromatic N) is 2. The first-order chi connectivity index (χ1) is 9.36. The van der Waals surface area contributed by atoms with Crippen LogP contribution in [-0.4, -0.2) is 17.4 Å². The monoisotopic (exact) mass is 268 g/mol. The van der Waals surface area contributed by atoms with E-state index in [0.29, 0.717) is 0 Å². The molecule has 1 aliphatic heterocycles. The van der Waals surface area contributed by atoms with Crippen molar-refractivity contribution < 1.29 is 4.79 Å². The summed E-state index contributed by atoms with van der Waals surface area (Å²) >= 11 is 0. The first-order valence-electron chi connectivity index (χ1n) is 7.08. The van der Waals surface area contributed by atoms with E-state index in [0.717, 1.165) is 29.7 Å². The van der Waals surface area contributed by atoms with Crippen molar-refractivity contribution in [3.05, 3.63) is 35.4 Å². The lowest BCUT2D eigenvalue weighted by atomic mass is 9.95. The molecule has 0 radical (unpaired) electrons. The van der Waals surface area contributed by atoms with Crippen molar-refractivity contribution in [3.8, 4) is 0 Å². The van der Waals surface area contributed by atoms with Crippen molar-refractivity contribution >= 4 is 22.6 Å². The molecule has 1 aliphatic rings. The number of anilines is 1. The van der Waals surface area contributed by atoms with Crippen LogP contribution in [0.25, 0.3) is 10.9 Å². The van der Waals surface area contributed by atoms with Gasteiger partial charge in [-0.1, -0.05) is 32.9 Å². The zero-order valence-corrected chi connectivity index (χ0v) is 12.5. The molecule has 1 aromatic heterocycles. The molecule has 0 spiro atoms. The first kappa shape index (κ1) is 13.1. The summed E-state index contributed by atoms with van der Waals surface area (Å²) in [6.45, 7) is 8.68. The van der Waals surface area contributed by atoms with E-state index in [1.807, 2.05) is 25.7 Å². The summed E-state index contributed by atoms with van der Waals surface area (Å²) in [4.78, 5) is 19.1. The van der Waals surface area contributed by atoms with Gasteiger partial charge in [-0.15, -0.1) is 0 Å². The number of hydrogen-bond donors (Lipinski definition) is 0. The van der Waals surface area contributed by atoms with Gasteiger partial charge < -0.3 is 0 Å². The summed E-state index contributed by atoms with van der Waals surface area (Å²) < 4.78 is 0. The molecule has 0 bridgehead atoms. The van der Waals surface area contributed by atoms with Crippen molar-refractivity contribution in [2.45, 2.75) is 34.1 Å². The maximum Gasteiger partial charge on any atom is 0.233 e. The van der Waals surface area contributed by atoms with Gasteiger partial charge in [-0.25, -0.2) is 4.98 Å². The van der Waals surface area contributed by atoms with Crippen LogP contribution in [0.4, 0.5) is 5.82 Å². The molecule has 0 N–H and O–H groups in total. The van der Waals surface area contributed by atoms with Crippen LogP contribution < -0.4 is 4.90 Å². The van der Waals surface area contributed by atoms with Crippen molar-refractivity contribution in [2.75, 3.05) is 11.4 Å². The van der Waals surface area contributed by atoms with Crippen molar-refractivity contribution in [1.29, 1.82) is 0 Å². The summed E-state index contributed by atoms with van der Waals surface area (Å²) in [7, 11) is 0. The van der Waals surface area contributed by atoms with E-state index < -0.39 is 0 Å². The van der Waals surface area contributed by atoms with Gasteiger partial charge in [-0.3, -0.25) is 9.69 Å². The Hall–Kier alpha value is -1.90. The van der Waals surface area contributed by atoms with E-state index >= 15 is 0 Å². The molecule has 104 valence electrons. The van der Waals surface area contributed by atoms with Crippen molar-refractivity contribution in [3.63, 3.8) is 0 Å². The van der Waals surface area contributed by atoms with Gasteiger partial charge in [0.1, 0.15) is 5.82 Å². The molecule has 0 saturated carbocycles. The number of benzene rings is 1. The van der Waals surface area contributed by atoms with E-state index in [2.05, 4.69) is 31.2 Å². The number of amides is 1. The minimum atomic E-state index is -0.370. The highest BCUT2D eigenvalue weighted by Gasteiger charge is 2.33. The summed E-state index contributed by atoms with van der Waals surface area (Å²) in [6, 6.07) is 8.45. The third-order valence-corrected chi connectivity index (χ3v) is 3.78.